The SMILES string of the molecule is COc1ccc([N+](=O)[O-])c(NC(=O)CCc2ccccc2C)n1. The first-order valence-corrected chi connectivity index (χ1v) is 7.05. The molecule has 0 atom stereocenters. The van der Waals surface area contributed by atoms with Gasteiger partial charge in [-0.3, -0.25) is 14.9 Å². The van der Waals surface area contributed by atoms with Crippen molar-refractivity contribution in [2.24, 2.45) is 0 Å². The number of methoxy groups -OCH3 is 1. The minimum absolute atomic E-state index is 0.107. The number of pyridine rings is 1. The highest BCUT2D eigenvalue weighted by Gasteiger charge is 2.18. The number of carbonyl (C=O) groups excluding carboxylic acids is 1. The number of carbonyl (C=O) groups is 1. The van der Waals surface area contributed by atoms with Crippen molar-refractivity contribution in [2.75, 3.05) is 12.4 Å². The molecule has 120 valence electrons. The van der Waals surface area contributed by atoms with Gasteiger partial charge in [-0.15, -0.1) is 0 Å². The Kier molecular flexibility index (Phi) is 5.24. The number of benzene rings is 1. The maximum absolute atomic E-state index is 12.1. The van der Waals surface area contributed by atoms with Gasteiger partial charge in [-0.2, -0.15) is 4.98 Å². The number of nitro groups is 1. The quantitative estimate of drug-likeness (QED) is 0.653. The van der Waals surface area contributed by atoms with E-state index in [0.717, 1.165) is 11.1 Å². The van der Waals surface area contributed by atoms with Gasteiger partial charge in [0.05, 0.1) is 12.0 Å². The molecule has 0 saturated carbocycles. The number of nitrogens with zero attached hydrogens (tertiary/aromatic N) is 2. The normalized spacial score (nSPS) is 10.2. The fraction of sp³-hybridized carbons (Fsp3) is 0.250. The Hall–Kier alpha value is -2.96. The first-order chi connectivity index (χ1) is 11.0. The Morgan fingerprint density at radius 2 is 2.04 bits per heavy atom. The first-order valence-electron chi connectivity index (χ1n) is 7.05. The fourth-order valence-corrected chi connectivity index (χ4v) is 2.12. The number of hydrogen-bond acceptors (Lipinski definition) is 5. The number of ether oxygens (including phenoxy) is 1. The molecule has 0 saturated heterocycles. The molecule has 2 aromatic rings. The maximum atomic E-state index is 12.1. The Bertz CT molecular complexity index is 731. The van der Waals surface area contributed by atoms with Crippen molar-refractivity contribution >= 4 is 17.4 Å². The molecule has 2 rings (SSSR count). The van der Waals surface area contributed by atoms with Gasteiger partial charge in [0.15, 0.2) is 0 Å². The van der Waals surface area contributed by atoms with Crippen LogP contribution in [0, 0.1) is 17.0 Å². The zero-order chi connectivity index (χ0) is 16.8. The summed E-state index contributed by atoms with van der Waals surface area (Å²) in [5.74, 6) is -0.244. The molecule has 0 bridgehead atoms. The molecule has 1 N–H and O–H groups in total. The van der Waals surface area contributed by atoms with Crippen LogP contribution in [0.3, 0.4) is 0 Å². The molecule has 1 aromatic heterocycles. The van der Waals surface area contributed by atoms with Gasteiger partial charge in [-0.25, -0.2) is 0 Å². The molecule has 7 nitrogen and oxygen atoms in total. The minimum atomic E-state index is -0.594. The average Bonchev–Trinajstić information content (AvgIpc) is 2.53. The summed E-state index contributed by atoms with van der Waals surface area (Å²) < 4.78 is 4.93. The molecule has 1 aromatic carbocycles. The third-order valence-corrected chi connectivity index (χ3v) is 3.39. The van der Waals surface area contributed by atoms with Crippen molar-refractivity contribution in [3.63, 3.8) is 0 Å². The van der Waals surface area contributed by atoms with Crippen molar-refractivity contribution in [2.45, 2.75) is 19.8 Å². The molecule has 0 aliphatic carbocycles. The lowest BCUT2D eigenvalue weighted by molar-refractivity contribution is -0.384. The summed E-state index contributed by atoms with van der Waals surface area (Å²) in [6, 6.07) is 10.4. The number of anilines is 1. The molecule has 23 heavy (non-hydrogen) atoms. The van der Waals surface area contributed by atoms with Crippen molar-refractivity contribution in [3.05, 3.63) is 57.6 Å². The predicted molar refractivity (Wildman–Crippen MR) is 85.6 cm³/mol. The van der Waals surface area contributed by atoms with E-state index >= 15 is 0 Å². The van der Waals surface area contributed by atoms with Crippen molar-refractivity contribution < 1.29 is 14.5 Å². The van der Waals surface area contributed by atoms with E-state index < -0.39 is 4.92 Å². The summed E-state index contributed by atoms with van der Waals surface area (Å²) in [5.41, 5.74) is 1.90. The fourth-order valence-electron chi connectivity index (χ4n) is 2.12. The number of aryl methyl sites for hydroxylation is 2. The summed E-state index contributed by atoms with van der Waals surface area (Å²) in [6.07, 6.45) is 0.761. The molecule has 1 heterocycles. The highest BCUT2D eigenvalue weighted by Crippen LogP contribution is 2.25. The molecule has 0 spiro atoms. The van der Waals surface area contributed by atoms with E-state index in [0.29, 0.717) is 6.42 Å². The Balaban J connectivity index is 2.08. The molecular formula is C16H17N3O4. The van der Waals surface area contributed by atoms with Crippen LogP contribution in [0.1, 0.15) is 17.5 Å². The summed E-state index contributed by atoms with van der Waals surface area (Å²) in [7, 11) is 1.40. The monoisotopic (exact) mass is 315 g/mol. The molecule has 0 fully saturated rings. The van der Waals surface area contributed by atoms with E-state index in [1.165, 1.54) is 19.2 Å². The van der Waals surface area contributed by atoms with Gasteiger partial charge < -0.3 is 10.1 Å². The summed E-state index contributed by atoms with van der Waals surface area (Å²) >= 11 is 0. The van der Waals surface area contributed by atoms with E-state index in [1.807, 2.05) is 31.2 Å². The van der Waals surface area contributed by atoms with Gasteiger partial charge in [0.25, 0.3) is 0 Å². The number of amides is 1. The lowest BCUT2D eigenvalue weighted by Crippen LogP contribution is -2.15. The zero-order valence-corrected chi connectivity index (χ0v) is 12.9. The number of nitrogens with one attached hydrogen (secondary N) is 1. The number of aromatic nitrogens is 1. The number of hydrogen-bond donors (Lipinski definition) is 1. The second kappa shape index (κ2) is 7.35. The highest BCUT2D eigenvalue weighted by molar-refractivity contribution is 5.92. The molecule has 7 heteroatoms. The molecule has 0 aliphatic rings. The van der Waals surface area contributed by atoms with E-state index in [-0.39, 0.29) is 29.7 Å². The third-order valence-electron chi connectivity index (χ3n) is 3.39. The minimum Gasteiger partial charge on any atom is -0.481 e. The zero-order valence-electron chi connectivity index (χ0n) is 12.9. The molecule has 0 aliphatic heterocycles. The highest BCUT2D eigenvalue weighted by atomic mass is 16.6. The van der Waals surface area contributed by atoms with Crippen LogP contribution in [0.15, 0.2) is 36.4 Å². The van der Waals surface area contributed by atoms with Crippen molar-refractivity contribution in [3.8, 4) is 5.88 Å². The van der Waals surface area contributed by atoms with E-state index in [2.05, 4.69) is 10.3 Å². The molecular weight excluding hydrogens is 298 g/mol. The Morgan fingerprint density at radius 3 is 2.70 bits per heavy atom. The van der Waals surface area contributed by atoms with Gasteiger partial charge >= 0.3 is 5.69 Å². The lowest BCUT2D eigenvalue weighted by Gasteiger charge is -2.08. The van der Waals surface area contributed by atoms with Gasteiger partial charge in [-0.05, 0) is 24.5 Å². The second-order valence-corrected chi connectivity index (χ2v) is 4.95. The molecule has 1 amide bonds. The standard InChI is InChI=1S/C16H17N3O4/c1-11-5-3-4-6-12(11)7-9-14(20)17-16-13(19(21)22)8-10-15(18-16)23-2/h3-6,8,10H,7,9H2,1-2H3,(H,17,18,20). The van der Waals surface area contributed by atoms with Gasteiger partial charge in [0, 0.05) is 18.6 Å². The predicted octanol–water partition coefficient (Wildman–Crippen LogP) is 2.88. The van der Waals surface area contributed by atoms with Gasteiger partial charge in [0.2, 0.25) is 17.6 Å². The first kappa shape index (κ1) is 16.4. The van der Waals surface area contributed by atoms with Crippen LogP contribution in [0.4, 0.5) is 11.5 Å². The largest absolute Gasteiger partial charge is 0.481 e. The van der Waals surface area contributed by atoms with E-state index in [1.54, 1.807) is 0 Å². The summed E-state index contributed by atoms with van der Waals surface area (Å²) in [4.78, 5) is 26.4. The maximum Gasteiger partial charge on any atom is 0.312 e. The summed E-state index contributed by atoms with van der Waals surface area (Å²) in [5, 5.41) is 13.5. The molecule has 0 unspecified atom stereocenters. The number of rotatable bonds is 6. The van der Waals surface area contributed by atoms with Gasteiger partial charge in [0.1, 0.15) is 0 Å². The molecule has 0 radical (unpaired) electrons. The van der Waals surface area contributed by atoms with Crippen LogP contribution in [0.25, 0.3) is 0 Å². The van der Waals surface area contributed by atoms with Gasteiger partial charge in [-0.1, -0.05) is 24.3 Å². The summed E-state index contributed by atoms with van der Waals surface area (Å²) in [6.45, 7) is 1.97. The van der Waals surface area contributed by atoms with Crippen LogP contribution in [-0.4, -0.2) is 22.9 Å². The van der Waals surface area contributed by atoms with Crippen LogP contribution < -0.4 is 10.1 Å². The van der Waals surface area contributed by atoms with Crippen LogP contribution in [0.5, 0.6) is 5.88 Å². The smallest absolute Gasteiger partial charge is 0.312 e. The Labute approximate surface area is 133 Å². The van der Waals surface area contributed by atoms with Crippen LogP contribution >= 0.6 is 0 Å². The Morgan fingerprint density at radius 1 is 1.30 bits per heavy atom. The topological polar surface area (TPSA) is 94.4 Å². The van der Waals surface area contributed by atoms with Crippen LogP contribution in [0.2, 0.25) is 0 Å². The third kappa shape index (κ3) is 4.26. The lowest BCUT2D eigenvalue weighted by atomic mass is 10.0. The van der Waals surface area contributed by atoms with Crippen molar-refractivity contribution in [1.29, 1.82) is 0 Å². The van der Waals surface area contributed by atoms with E-state index in [9.17, 15) is 14.9 Å². The van der Waals surface area contributed by atoms with Crippen molar-refractivity contribution in [1.82, 2.24) is 4.98 Å². The average molecular weight is 315 g/mol. The van der Waals surface area contributed by atoms with E-state index in [4.69, 9.17) is 4.74 Å². The van der Waals surface area contributed by atoms with Crippen LogP contribution in [-0.2, 0) is 11.2 Å². The second-order valence-electron chi connectivity index (χ2n) is 4.95.